The summed E-state index contributed by atoms with van der Waals surface area (Å²) in [4.78, 5) is 88.1. The Hall–Kier alpha value is -3.29. The molecule has 3 unspecified atom stereocenters. The number of nitrogens with one attached hydrogen (secondary N) is 6. The molecule has 31 heteroatoms. The summed E-state index contributed by atoms with van der Waals surface area (Å²) in [6, 6.07) is -1.84. The van der Waals surface area contributed by atoms with Crippen LogP contribution in [0.5, 0.6) is 0 Å². The number of carbonyl (C=O) groups is 7. The molecule has 426 valence electrons. The van der Waals surface area contributed by atoms with Gasteiger partial charge in [-0.2, -0.15) is 0 Å². The fraction of sp³-hybridized carbons (Fsp3) is 0.841. The number of morpholine rings is 2. The van der Waals surface area contributed by atoms with Gasteiger partial charge in [-0.1, -0.05) is 0 Å². The van der Waals surface area contributed by atoms with Crippen LogP contribution in [0.4, 0.5) is 0 Å². The second-order valence-electron chi connectivity index (χ2n) is 18.2. The number of ether oxygens (including phenoxy) is 10. The van der Waals surface area contributed by atoms with Crippen molar-refractivity contribution in [1.82, 2.24) is 41.7 Å². The van der Waals surface area contributed by atoms with Gasteiger partial charge in [-0.25, -0.2) is 0 Å². The largest absolute Gasteiger partial charge is 0.388 e. The second kappa shape index (κ2) is 31.9. The first-order valence-electron chi connectivity index (χ1n) is 24.9. The fourth-order valence-electron chi connectivity index (χ4n) is 8.85. The summed E-state index contributed by atoms with van der Waals surface area (Å²) in [5.41, 5.74) is 0. The van der Waals surface area contributed by atoms with E-state index in [-0.39, 0.29) is 127 Å². The van der Waals surface area contributed by atoms with E-state index in [1.54, 1.807) is 0 Å². The molecule has 6 amide bonds. The fourth-order valence-corrected chi connectivity index (χ4v) is 9.95. The van der Waals surface area contributed by atoms with Gasteiger partial charge in [-0.3, -0.25) is 43.4 Å². The molecule has 6 heterocycles. The lowest BCUT2D eigenvalue weighted by molar-refractivity contribution is -0.271. The highest BCUT2D eigenvalue weighted by Gasteiger charge is 2.49. The highest BCUT2D eigenvalue weighted by atomic mass is 32.2. The molecule has 6 fully saturated rings. The second-order valence-corrected chi connectivity index (χ2v) is 19.9. The van der Waals surface area contributed by atoms with Crippen LogP contribution in [0, 0.1) is 0 Å². The monoisotopic (exact) mass is 1110 g/mol. The molecule has 6 saturated heterocycles. The first-order valence-corrected chi connectivity index (χ1v) is 26.4. The minimum Gasteiger partial charge on any atom is -0.388 e. The predicted octanol–water partition coefficient (Wildman–Crippen LogP) is -8.21. The molecule has 0 saturated carbocycles. The van der Waals surface area contributed by atoms with Crippen LogP contribution in [0.2, 0.25) is 0 Å². The topological polar surface area (TPSA) is 371 Å². The Labute approximate surface area is 442 Å². The van der Waals surface area contributed by atoms with E-state index < -0.39 is 90.2 Å². The van der Waals surface area contributed by atoms with E-state index in [1.807, 2.05) is 0 Å². The molecule has 6 aliphatic rings. The summed E-state index contributed by atoms with van der Waals surface area (Å²) in [5, 5.41) is 57.8. The average molecular weight is 1110 g/mol. The molecule has 0 aliphatic carbocycles. The number of hydrogen-bond donors (Lipinski definition) is 11. The van der Waals surface area contributed by atoms with Crippen molar-refractivity contribution in [1.29, 1.82) is 0 Å². The lowest BCUT2D eigenvalue weighted by Gasteiger charge is -2.44. The summed E-state index contributed by atoms with van der Waals surface area (Å²) in [6.07, 6.45) is -9.18. The molecule has 13 atom stereocenters. The van der Waals surface area contributed by atoms with E-state index in [0.717, 1.165) is 11.8 Å². The lowest BCUT2D eigenvalue weighted by Crippen LogP contribution is -2.68. The van der Waals surface area contributed by atoms with Crippen LogP contribution in [0.15, 0.2) is 0 Å². The van der Waals surface area contributed by atoms with Crippen LogP contribution in [0.25, 0.3) is 0 Å². The van der Waals surface area contributed by atoms with Crippen molar-refractivity contribution in [3.8, 4) is 0 Å². The van der Waals surface area contributed by atoms with E-state index in [4.69, 9.17) is 47.4 Å². The molecule has 0 aromatic carbocycles. The maximum absolute atomic E-state index is 12.9. The highest BCUT2D eigenvalue weighted by molar-refractivity contribution is 8.05. The molecule has 6 aliphatic heterocycles. The molecular weight excluding hydrogens is 1040 g/mol. The Balaban J connectivity index is 0.789. The molecule has 6 rings (SSSR count). The maximum Gasteiger partial charge on any atom is 0.246 e. The number of rotatable bonds is 34. The van der Waals surface area contributed by atoms with Crippen molar-refractivity contribution in [3.63, 3.8) is 0 Å². The van der Waals surface area contributed by atoms with E-state index in [2.05, 4.69) is 49.4 Å². The molecule has 29 nitrogen and oxygen atoms in total. The van der Waals surface area contributed by atoms with Crippen LogP contribution < -0.4 is 31.9 Å². The predicted molar refractivity (Wildman–Crippen MR) is 260 cm³/mol. The third-order valence-electron chi connectivity index (χ3n) is 12.7. The van der Waals surface area contributed by atoms with Gasteiger partial charge in [0.05, 0.1) is 77.1 Å². The third kappa shape index (κ3) is 19.5. The minimum atomic E-state index is -1.36. The molecule has 0 radical (unpaired) electrons. The Kier molecular flexibility index (Phi) is 26.0. The van der Waals surface area contributed by atoms with Gasteiger partial charge in [0, 0.05) is 70.9 Å². The number of aliphatic hydroxyl groups excluding tert-OH is 4. The number of amides is 6. The quantitative estimate of drug-likeness (QED) is 0.0162. The Morgan fingerprint density at radius 3 is 1.52 bits per heavy atom. The number of thiol groups is 1. The summed E-state index contributed by atoms with van der Waals surface area (Å²) < 4.78 is 55.2. The first-order chi connectivity index (χ1) is 36.2. The molecule has 0 aromatic rings. The summed E-state index contributed by atoms with van der Waals surface area (Å²) in [5.74, 6) is -2.31. The Morgan fingerprint density at radius 2 is 1.07 bits per heavy atom. The normalized spacial score (nSPS) is 30.9. The van der Waals surface area contributed by atoms with Crippen LogP contribution in [0.3, 0.4) is 0 Å². The zero-order valence-electron chi connectivity index (χ0n) is 41.5. The Bertz CT molecular complexity index is 1770. The molecule has 0 bridgehead atoms. The Morgan fingerprint density at radius 1 is 0.627 bits per heavy atom. The average Bonchev–Trinajstić information content (AvgIpc) is 3.91. The molecule has 0 spiro atoms. The number of fused-ring (bicyclic) bond motifs is 2. The van der Waals surface area contributed by atoms with Crippen LogP contribution in [-0.4, -0.2) is 300 Å². The van der Waals surface area contributed by atoms with E-state index in [0.29, 0.717) is 59.2 Å². The van der Waals surface area contributed by atoms with Crippen LogP contribution in [-0.2, 0) is 80.9 Å². The van der Waals surface area contributed by atoms with Crippen molar-refractivity contribution in [2.45, 2.75) is 85.0 Å². The maximum atomic E-state index is 12.9. The van der Waals surface area contributed by atoms with Crippen molar-refractivity contribution in [2.75, 3.05) is 151 Å². The third-order valence-corrected chi connectivity index (χ3v) is 14.3. The number of hydrogen-bond acceptors (Lipinski definition) is 25. The summed E-state index contributed by atoms with van der Waals surface area (Å²) in [6.45, 7) is 4.46. The van der Waals surface area contributed by atoms with Gasteiger partial charge in [-0.15, -0.1) is 24.4 Å². The smallest absolute Gasteiger partial charge is 0.246 e. The van der Waals surface area contributed by atoms with Crippen molar-refractivity contribution >= 4 is 64.9 Å². The van der Waals surface area contributed by atoms with Crippen LogP contribution >= 0.6 is 24.4 Å². The number of carbonyl (C=O) groups excluding carboxylic acids is 7. The SMILES string of the molecule is O=C(S)CSC1CC(=O)N(CCN2CC(NCCOCCOCCOCC(=O)NC[C@H]3O[C@@H]4OCC(=O)N[C@@H]4[C@@H](O)[C@H]3O)C(NCCOCCOCCOCC(=O)NC[C@H]3O[C@@H]4OCC(=O)N[C@@H]4[C@@H](O)[C@H]3O)C2)C1=O. The van der Waals surface area contributed by atoms with Gasteiger partial charge in [0.2, 0.25) is 35.4 Å². The first kappa shape index (κ1) is 60.9. The van der Waals surface area contributed by atoms with Gasteiger partial charge >= 0.3 is 0 Å². The van der Waals surface area contributed by atoms with Gasteiger partial charge in [0.25, 0.3) is 0 Å². The standard InChI is InChI=1S/C44H72N8O21S2/c53-30(47-16-27-38(59)40(61)36-43(72-27)70-22-32(55)49-36)20-68-13-11-66-9-7-64-5-1-45-25-18-51(3-4-52-34(57)15-29(42(52)63)75-24-35(58)74)19-26(25)46-2-6-65-8-10-67-12-14-69-21-31(54)48-17-28-39(60)41(62)37-44(73-28)71-23-33(56)50-37/h25-29,36-41,43-46,59-62H,1-24H2,(H,47,53)(H,48,54)(H,49,55)(H,50,56)(H,58,74)/t25?,26?,27-,28-,29?,36-,37-,38+,39+,40-,41-,43+,44+/m1/s1. The van der Waals surface area contributed by atoms with Gasteiger partial charge in [0.15, 0.2) is 17.7 Å². The van der Waals surface area contributed by atoms with Gasteiger partial charge in [0.1, 0.15) is 75.1 Å². The minimum absolute atomic E-state index is 0.00160. The van der Waals surface area contributed by atoms with E-state index in [1.165, 1.54) is 4.90 Å². The van der Waals surface area contributed by atoms with E-state index >= 15 is 0 Å². The molecule has 75 heavy (non-hydrogen) atoms. The number of imide groups is 1. The summed E-state index contributed by atoms with van der Waals surface area (Å²) in [7, 11) is 0. The zero-order chi connectivity index (χ0) is 53.7. The summed E-state index contributed by atoms with van der Waals surface area (Å²) >= 11 is 4.89. The van der Waals surface area contributed by atoms with Gasteiger partial charge < -0.3 is 99.7 Å². The number of aliphatic hydroxyl groups is 4. The zero-order valence-corrected chi connectivity index (χ0v) is 43.2. The lowest BCUT2D eigenvalue weighted by atomic mass is 9.96. The molecule has 0 aromatic heterocycles. The van der Waals surface area contributed by atoms with E-state index in [9.17, 15) is 54.0 Å². The number of thioether (sulfide) groups is 1. The van der Waals surface area contributed by atoms with Crippen molar-refractivity contribution in [2.24, 2.45) is 0 Å². The molecule has 10 N–H and O–H groups in total. The number of likely N-dealkylation sites (tertiary alicyclic amines) is 2. The van der Waals surface area contributed by atoms with Gasteiger partial charge in [-0.05, 0) is 0 Å². The van der Waals surface area contributed by atoms with Crippen molar-refractivity contribution < 1.29 is 101 Å². The van der Waals surface area contributed by atoms with Crippen LogP contribution in [0.1, 0.15) is 6.42 Å². The van der Waals surface area contributed by atoms with Crippen molar-refractivity contribution in [3.05, 3.63) is 0 Å². The number of nitrogens with zero attached hydrogens (tertiary/aromatic N) is 2. The molecular formula is C44H72N8O21S2. The highest BCUT2D eigenvalue weighted by Crippen LogP contribution is 2.27.